The number of aryl methyl sites for hydroxylation is 1. The first kappa shape index (κ1) is 17.0. The normalized spacial score (nSPS) is 19.5. The quantitative estimate of drug-likeness (QED) is 0.866. The fourth-order valence-electron chi connectivity index (χ4n) is 2.23. The molecule has 1 aromatic rings. The van der Waals surface area contributed by atoms with Gasteiger partial charge in [-0.1, -0.05) is 0 Å². The number of nitrogens with zero attached hydrogens (tertiary/aromatic N) is 1. The van der Waals surface area contributed by atoms with E-state index in [0.717, 1.165) is 5.46 Å². The molecule has 1 aliphatic rings. The number of aromatic nitrogens is 1. The van der Waals surface area contributed by atoms with E-state index in [1.807, 2.05) is 54.5 Å². The maximum Gasteiger partial charge on any atom is 0.496 e. The molecular weight excluding hydrogens is 279 g/mol. The van der Waals surface area contributed by atoms with E-state index in [9.17, 15) is 4.79 Å². The Morgan fingerprint density at radius 2 is 1.77 bits per heavy atom. The van der Waals surface area contributed by atoms with Crippen molar-refractivity contribution in [3.63, 3.8) is 0 Å². The predicted molar refractivity (Wildman–Crippen MR) is 87.3 cm³/mol. The SMILES string of the molecule is Cc1ncc(B2OC(C)(C)C(C)(C)O2)cc1C(=O)NC(C)C. The van der Waals surface area contributed by atoms with E-state index in [1.165, 1.54) is 0 Å². The summed E-state index contributed by atoms with van der Waals surface area (Å²) < 4.78 is 12.0. The Kier molecular flexibility index (Phi) is 4.37. The van der Waals surface area contributed by atoms with Gasteiger partial charge >= 0.3 is 7.12 Å². The molecule has 0 radical (unpaired) electrons. The second-order valence-electron chi connectivity index (χ2n) is 7.12. The summed E-state index contributed by atoms with van der Waals surface area (Å²) in [6.45, 7) is 13.7. The number of carbonyl (C=O) groups excluding carboxylic acids is 1. The average molecular weight is 304 g/mol. The number of hydrogen-bond donors (Lipinski definition) is 1. The zero-order valence-electron chi connectivity index (χ0n) is 14.5. The second kappa shape index (κ2) is 5.67. The lowest BCUT2D eigenvalue weighted by atomic mass is 9.79. The standard InChI is InChI=1S/C16H25BN2O3/c1-10(2)19-14(20)13-8-12(9-18-11(13)3)17-21-15(4,5)16(6,7)22-17/h8-10H,1-7H3,(H,19,20). The van der Waals surface area contributed by atoms with Crippen molar-refractivity contribution in [2.45, 2.75) is 65.7 Å². The highest BCUT2D eigenvalue weighted by atomic mass is 16.7. The molecule has 5 nitrogen and oxygen atoms in total. The smallest absolute Gasteiger partial charge is 0.399 e. The first-order valence-corrected chi connectivity index (χ1v) is 7.66. The van der Waals surface area contributed by atoms with Crippen molar-refractivity contribution in [3.8, 4) is 0 Å². The topological polar surface area (TPSA) is 60.5 Å². The van der Waals surface area contributed by atoms with E-state index in [0.29, 0.717) is 11.3 Å². The summed E-state index contributed by atoms with van der Waals surface area (Å²) in [5, 5.41) is 2.89. The number of nitrogens with one attached hydrogen (secondary N) is 1. The van der Waals surface area contributed by atoms with Gasteiger partial charge in [0, 0.05) is 23.4 Å². The van der Waals surface area contributed by atoms with Gasteiger partial charge in [-0.3, -0.25) is 9.78 Å². The molecule has 0 aromatic carbocycles. The maximum absolute atomic E-state index is 12.3. The van der Waals surface area contributed by atoms with Gasteiger partial charge in [0.15, 0.2) is 0 Å². The van der Waals surface area contributed by atoms with Gasteiger partial charge in [0.25, 0.3) is 5.91 Å². The van der Waals surface area contributed by atoms with Crippen molar-refractivity contribution in [2.24, 2.45) is 0 Å². The van der Waals surface area contributed by atoms with Gasteiger partial charge in [-0.15, -0.1) is 0 Å². The van der Waals surface area contributed by atoms with E-state index in [1.54, 1.807) is 6.20 Å². The predicted octanol–water partition coefficient (Wildman–Crippen LogP) is 1.83. The van der Waals surface area contributed by atoms with E-state index < -0.39 is 18.3 Å². The summed E-state index contributed by atoms with van der Waals surface area (Å²) in [6.07, 6.45) is 1.71. The molecule has 22 heavy (non-hydrogen) atoms. The van der Waals surface area contributed by atoms with Crippen molar-refractivity contribution in [3.05, 3.63) is 23.5 Å². The minimum atomic E-state index is -0.510. The van der Waals surface area contributed by atoms with Gasteiger partial charge in [-0.2, -0.15) is 0 Å². The molecule has 120 valence electrons. The van der Waals surface area contributed by atoms with Gasteiger partial charge in [0.1, 0.15) is 0 Å². The van der Waals surface area contributed by atoms with E-state index in [4.69, 9.17) is 9.31 Å². The van der Waals surface area contributed by atoms with Gasteiger partial charge < -0.3 is 14.6 Å². The fraction of sp³-hybridized carbons (Fsp3) is 0.625. The van der Waals surface area contributed by atoms with Gasteiger partial charge in [-0.25, -0.2) is 0 Å². The summed E-state index contributed by atoms with van der Waals surface area (Å²) >= 11 is 0. The number of hydrogen-bond acceptors (Lipinski definition) is 4. The zero-order chi connectivity index (χ0) is 16.7. The highest BCUT2D eigenvalue weighted by molar-refractivity contribution is 6.62. The summed E-state index contributed by atoms with van der Waals surface area (Å²) in [5.41, 5.74) is 1.18. The third-order valence-corrected chi connectivity index (χ3v) is 4.30. The number of amides is 1. The van der Waals surface area contributed by atoms with Crippen LogP contribution >= 0.6 is 0 Å². The third-order valence-electron chi connectivity index (χ3n) is 4.30. The second-order valence-corrected chi connectivity index (χ2v) is 7.12. The Morgan fingerprint density at radius 3 is 2.27 bits per heavy atom. The molecule has 1 N–H and O–H groups in total. The molecule has 0 spiro atoms. The Hall–Kier alpha value is -1.40. The molecule has 0 bridgehead atoms. The molecule has 2 heterocycles. The van der Waals surface area contributed by atoms with E-state index in [2.05, 4.69) is 10.3 Å². The molecule has 1 aromatic heterocycles. The van der Waals surface area contributed by atoms with Crippen LogP contribution in [0, 0.1) is 6.92 Å². The van der Waals surface area contributed by atoms with Crippen molar-refractivity contribution in [1.82, 2.24) is 10.3 Å². The molecule has 6 heteroatoms. The largest absolute Gasteiger partial charge is 0.496 e. The Labute approximate surface area is 132 Å². The first-order chi connectivity index (χ1) is 10.0. The van der Waals surface area contributed by atoms with Crippen LogP contribution in [0.4, 0.5) is 0 Å². The van der Waals surface area contributed by atoms with Crippen LogP contribution in [0.5, 0.6) is 0 Å². The Bertz CT molecular complexity index is 569. The highest BCUT2D eigenvalue weighted by Crippen LogP contribution is 2.36. The van der Waals surface area contributed by atoms with Crippen molar-refractivity contribution >= 4 is 18.5 Å². The fourth-order valence-corrected chi connectivity index (χ4v) is 2.23. The lowest BCUT2D eigenvalue weighted by molar-refractivity contribution is 0.00578. The highest BCUT2D eigenvalue weighted by Gasteiger charge is 2.51. The molecular formula is C16H25BN2O3. The molecule has 1 saturated heterocycles. The molecule has 0 aliphatic carbocycles. The molecule has 2 rings (SSSR count). The lowest BCUT2D eigenvalue weighted by Crippen LogP contribution is -2.41. The summed E-state index contributed by atoms with van der Waals surface area (Å²) in [7, 11) is -0.510. The van der Waals surface area contributed by atoms with Crippen LogP contribution in [0.15, 0.2) is 12.3 Å². The van der Waals surface area contributed by atoms with Crippen LogP contribution in [0.1, 0.15) is 57.6 Å². The number of carbonyl (C=O) groups is 1. The van der Waals surface area contributed by atoms with Crippen LogP contribution in [-0.2, 0) is 9.31 Å². The summed E-state index contributed by atoms with van der Waals surface area (Å²) in [5.74, 6) is -0.127. The molecule has 0 saturated carbocycles. The monoisotopic (exact) mass is 304 g/mol. The maximum atomic E-state index is 12.3. The van der Waals surface area contributed by atoms with Crippen molar-refractivity contribution < 1.29 is 14.1 Å². The van der Waals surface area contributed by atoms with Crippen LogP contribution in [0.3, 0.4) is 0 Å². The molecule has 1 amide bonds. The number of rotatable bonds is 3. The van der Waals surface area contributed by atoms with Gasteiger partial charge in [-0.05, 0) is 54.5 Å². The zero-order valence-corrected chi connectivity index (χ0v) is 14.5. The first-order valence-electron chi connectivity index (χ1n) is 7.66. The van der Waals surface area contributed by atoms with Gasteiger partial charge in [0.05, 0.1) is 16.8 Å². The van der Waals surface area contributed by atoms with Crippen molar-refractivity contribution in [1.29, 1.82) is 0 Å². The van der Waals surface area contributed by atoms with E-state index >= 15 is 0 Å². The number of pyridine rings is 1. The van der Waals surface area contributed by atoms with Crippen LogP contribution in [-0.4, -0.2) is 35.3 Å². The van der Waals surface area contributed by atoms with Crippen LogP contribution in [0.2, 0.25) is 0 Å². The lowest BCUT2D eigenvalue weighted by Gasteiger charge is -2.32. The molecule has 0 unspecified atom stereocenters. The minimum absolute atomic E-state index is 0.0763. The Balaban J connectivity index is 2.29. The molecule has 1 fully saturated rings. The summed E-state index contributed by atoms with van der Waals surface area (Å²) in [4.78, 5) is 16.6. The van der Waals surface area contributed by atoms with Crippen LogP contribution in [0.25, 0.3) is 0 Å². The van der Waals surface area contributed by atoms with Crippen LogP contribution < -0.4 is 10.8 Å². The average Bonchev–Trinajstić information content (AvgIpc) is 2.58. The Morgan fingerprint density at radius 1 is 1.23 bits per heavy atom. The van der Waals surface area contributed by atoms with Crippen molar-refractivity contribution in [2.75, 3.05) is 0 Å². The van der Waals surface area contributed by atoms with E-state index in [-0.39, 0.29) is 11.9 Å². The minimum Gasteiger partial charge on any atom is -0.399 e. The third kappa shape index (κ3) is 3.18. The molecule has 1 aliphatic heterocycles. The molecule has 0 atom stereocenters. The van der Waals surface area contributed by atoms with Gasteiger partial charge in [0.2, 0.25) is 0 Å². The summed E-state index contributed by atoms with van der Waals surface area (Å²) in [6, 6.07) is 1.88.